The molecule has 2 aromatic carbocycles. The first kappa shape index (κ1) is 35.9. The molecule has 4 rings (SSSR count). The Morgan fingerprint density at radius 3 is 1.89 bits per heavy atom. The van der Waals surface area contributed by atoms with E-state index in [1.807, 2.05) is 0 Å². The van der Waals surface area contributed by atoms with Crippen LogP contribution in [0.25, 0.3) is 0 Å². The van der Waals surface area contributed by atoms with E-state index < -0.39 is 0 Å². The van der Waals surface area contributed by atoms with E-state index in [-0.39, 0.29) is 17.7 Å². The van der Waals surface area contributed by atoms with Crippen molar-refractivity contribution < 1.29 is 14.3 Å². The number of hydrogen-bond acceptors (Lipinski definition) is 4. The molecule has 2 aliphatic rings. The predicted octanol–water partition coefficient (Wildman–Crippen LogP) is 11.0. The molecule has 250 valence electrons. The summed E-state index contributed by atoms with van der Waals surface area (Å²) in [6.45, 7) is 16.8. The summed E-state index contributed by atoms with van der Waals surface area (Å²) in [5.74, 6) is 2.88. The minimum absolute atomic E-state index is 0.0491. The zero-order valence-electron chi connectivity index (χ0n) is 29.4. The first-order chi connectivity index (χ1) is 21.7. The molecule has 0 aromatic heterocycles. The molecule has 0 spiro atoms. The fourth-order valence-corrected chi connectivity index (χ4v) is 7.18. The van der Waals surface area contributed by atoms with Gasteiger partial charge in [-0.15, -0.1) is 0 Å². The van der Waals surface area contributed by atoms with Crippen molar-refractivity contribution >= 4 is 0 Å². The third-order valence-corrected chi connectivity index (χ3v) is 9.75. The number of hydroxylamine groups is 2. The molecule has 0 N–H and O–H groups in total. The summed E-state index contributed by atoms with van der Waals surface area (Å²) in [5.41, 5.74) is 3.55. The van der Waals surface area contributed by atoms with Gasteiger partial charge in [0.05, 0.1) is 12.6 Å². The van der Waals surface area contributed by atoms with E-state index >= 15 is 0 Å². The quantitative estimate of drug-likeness (QED) is 0.0792. The molecule has 0 saturated heterocycles. The van der Waals surface area contributed by atoms with Gasteiger partial charge in [0.15, 0.2) is 0 Å². The monoisotopic (exact) mass is 617 g/mol. The van der Waals surface area contributed by atoms with Crippen molar-refractivity contribution in [3.63, 3.8) is 0 Å². The maximum absolute atomic E-state index is 6.72. The first-order valence-electron chi connectivity index (χ1n) is 18.2. The zero-order chi connectivity index (χ0) is 32.1. The predicted molar refractivity (Wildman–Crippen MR) is 188 cm³/mol. The third-order valence-electron chi connectivity index (χ3n) is 9.75. The van der Waals surface area contributed by atoms with Gasteiger partial charge in [-0.2, -0.15) is 5.06 Å². The molecule has 0 aliphatic heterocycles. The molecule has 0 heterocycles. The third kappa shape index (κ3) is 11.6. The van der Waals surface area contributed by atoms with Crippen LogP contribution >= 0.6 is 0 Å². The van der Waals surface area contributed by atoms with E-state index in [1.165, 1.54) is 74.5 Å². The number of rotatable bonds is 21. The van der Waals surface area contributed by atoms with Crippen LogP contribution < -0.4 is 0 Å². The van der Waals surface area contributed by atoms with Gasteiger partial charge in [-0.25, -0.2) is 0 Å². The molecule has 4 nitrogen and oxygen atoms in total. The van der Waals surface area contributed by atoms with Gasteiger partial charge in [-0.1, -0.05) is 119 Å². The Morgan fingerprint density at radius 1 is 0.711 bits per heavy atom. The van der Waals surface area contributed by atoms with Gasteiger partial charge in [0, 0.05) is 25.4 Å². The molecule has 4 heteroatoms. The summed E-state index contributed by atoms with van der Waals surface area (Å²) in [4.78, 5) is 6.72. The number of unbranched alkanes of at least 4 members (excludes halogenated alkanes) is 7. The van der Waals surface area contributed by atoms with Crippen LogP contribution in [0, 0.1) is 23.7 Å². The number of nitrogens with zero attached hydrogens (tertiary/aromatic N) is 1. The molecule has 1 fully saturated rings. The number of hydrogen-bond donors (Lipinski definition) is 0. The summed E-state index contributed by atoms with van der Waals surface area (Å²) in [6, 6.07) is 19.7. The van der Waals surface area contributed by atoms with Gasteiger partial charge >= 0.3 is 0 Å². The maximum Gasteiger partial charge on any atom is 0.102 e. The van der Waals surface area contributed by atoms with Gasteiger partial charge in [-0.3, -0.25) is 4.84 Å². The normalized spacial score (nSPS) is 20.8. The molecule has 45 heavy (non-hydrogen) atoms. The average molecular weight is 618 g/mol. The van der Waals surface area contributed by atoms with E-state index in [0.717, 1.165) is 44.0 Å². The van der Waals surface area contributed by atoms with Crippen LogP contribution in [0.1, 0.15) is 135 Å². The highest BCUT2D eigenvalue weighted by atomic mass is 16.7. The van der Waals surface area contributed by atoms with Crippen molar-refractivity contribution in [1.29, 1.82) is 0 Å². The fourth-order valence-electron chi connectivity index (χ4n) is 7.18. The van der Waals surface area contributed by atoms with E-state index in [9.17, 15) is 0 Å². The second kappa shape index (κ2) is 18.4. The molecule has 2 aliphatic carbocycles. The summed E-state index contributed by atoms with van der Waals surface area (Å²) in [5, 5.41) is 2.21. The Hall–Kier alpha value is -1.98. The van der Waals surface area contributed by atoms with Crippen LogP contribution in [0.5, 0.6) is 0 Å². The van der Waals surface area contributed by atoms with Crippen LogP contribution in [0.4, 0.5) is 0 Å². The van der Waals surface area contributed by atoms with Crippen molar-refractivity contribution in [2.45, 2.75) is 130 Å². The van der Waals surface area contributed by atoms with E-state index in [2.05, 4.69) is 113 Å². The van der Waals surface area contributed by atoms with Gasteiger partial charge in [-0.05, 0) is 93.7 Å². The van der Waals surface area contributed by atoms with Crippen molar-refractivity contribution in [2.75, 3.05) is 19.8 Å². The van der Waals surface area contributed by atoms with Gasteiger partial charge < -0.3 is 9.47 Å². The molecular formula is C41H63NO3. The Labute approximate surface area is 275 Å². The summed E-state index contributed by atoms with van der Waals surface area (Å²) >= 11 is 0. The van der Waals surface area contributed by atoms with E-state index in [0.29, 0.717) is 12.5 Å². The van der Waals surface area contributed by atoms with Crippen LogP contribution in [-0.2, 0) is 20.9 Å². The molecule has 5 unspecified atom stereocenters. The van der Waals surface area contributed by atoms with Crippen molar-refractivity contribution in [3.05, 3.63) is 83.4 Å². The average Bonchev–Trinajstić information content (AvgIpc) is 3.65. The number of allylic oxidation sites excluding steroid dienone is 2. The molecule has 5 atom stereocenters. The molecular weight excluding hydrogens is 554 g/mol. The standard InChI is InChI=1S/C41H63NO3/c1-32(2)40(37-18-14-13-15-19-37)42(41(4,5)6)45-33(3)36-23-20-34(21-24-36)30-43-26-16-11-9-7-8-10-12-17-27-44-31-39-29-35-22-25-38(39)28-35/h13-15,18-25,32-33,35,38-40H,7-12,16-17,26-31H2,1-6H3. The smallest absolute Gasteiger partial charge is 0.102 e. The fraction of sp³-hybridized carbons (Fsp3) is 0.659. The lowest BCUT2D eigenvalue weighted by molar-refractivity contribution is -0.272. The maximum atomic E-state index is 6.72. The highest BCUT2D eigenvalue weighted by Gasteiger charge is 2.36. The number of ether oxygens (including phenoxy) is 2. The summed E-state index contributed by atoms with van der Waals surface area (Å²) in [7, 11) is 0. The van der Waals surface area contributed by atoms with Crippen LogP contribution in [0.3, 0.4) is 0 Å². The number of fused-ring (bicyclic) bond motifs is 2. The van der Waals surface area contributed by atoms with Crippen LogP contribution in [-0.4, -0.2) is 30.4 Å². The van der Waals surface area contributed by atoms with Gasteiger partial charge in [0.25, 0.3) is 0 Å². The molecule has 2 aromatic rings. The van der Waals surface area contributed by atoms with Gasteiger partial charge in [0.2, 0.25) is 0 Å². The first-order valence-corrected chi connectivity index (χ1v) is 18.2. The van der Waals surface area contributed by atoms with Crippen molar-refractivity contribution in [2.24, 2.45) is 23.7 Å². The highest BCUT2D eigenvalue weighted by molar-refractivity contribution is 5.24. The van der Waals surface area contributed by atoms with E-state index in [1.54, 1.807) is 0 Å². The molecule has 0 amide bonds. The second-order valence-electron chi connectivity index (χ2n) is 15.1. The Bertz CT molecular complexity index is 1110. The Kier molecular flexibility index (Phi) is 14.7. The lowest BCUT2D eigenvalue weighted by Gasteiger charge is -2.44. The molecule has 1 saturated carbocycles. The van der Waals surface area contributed by atoms with E-state index in [4.69, 9.17) is 14.3 Å². The number of benzene rings is 2. The van der Waals surface area contributed by atoms with Crippen LogP contribution in [0.15, 0.2) is 66.7 Å². The Balaban J connectivity index is 1.04. The van der Waals surface area contributed by atoms with Gasteiger partial charge in [0.1, 0.15) is 6.10 Å². The minimum Gasteiger partial charge on any atom is -0.381 e. The summed E-state index contributed by atoms with van der Waals surface area (Å²) in [6.07, 6.45) is 17.8. The van der Waals surface area contributed by atoms with Crippen molar-refractivity contribution in [3.8, 4) is 0 Å². The second-order valence-corrected chi connectivity index (χ2v) is 15.1. The summed E-state index contributed by atoms with van der Waals surface area (Å²) < 4.78 is 12.0. The zero-order valence-corrected chi connectivity index (χ0v) is 29.4. The topological polar surface area (TPSA) is 30.9 Å². The largest absolute Gasteiger partial charge is 0.381 e. The molecule has 0 radical (unpaired) electrons. The van der Waals surface area contributed by atoms with Crippen LogP contribution in [0.2, 0.25) is 0 Å². The Morgan fingerprint density at radius 2 is 1.33 bits per heavy atom. The minimum atomic E-state index is -0.145. The lowest BCUT2D eigenvalue weighted by Crippen LogP contribution is -2.46. The lowest BCUT2D eigenvalue weighted by atomic mass is 9.92. The highest BCUT2D eigenvalue weighted by Crippen LogP contribution is 2.43. The SMILES string of the molecule is CC(ON(C(c1ccccc1)C(C)C)C(C)(C)C)c1ccc(COCCCCCCCCCCOCC2CC3C=CC2C3)cc1. The molecule has 2 bridgehead atoms. The van der Waals surface area contributed by atoms with Crippen molar-refractivity contribution in [1.82, 2.24) is 5.06 Å².